The van der Waals surface area contributed by atoms with Crippen molar-refractivity contribution in [2.24, 2.45) is 5.41 Å². The molecule has 1 aliphatic rings. The molecule has 6 heteroatoms. The Hall–Kier alpha value is -3.11. The average Bonchev–Trinajstić information content (AvgIpc) is 3.04. The summed E-state index contributed by atoms with van der Waals surface area (Å²) >= 11 is 0. The van der Waals surface area contributed by atoms with Gasteiger partial charge in [-0.15, -0.1) is 0 Å². The van der Waals surface area contributed by atoms with Crippen LogP contribution in [-0.2, 0) is 14.6 Å². The molecule has 0 N–H and O–H groups in total. The van der Waals surface area contributed by atoms with Crippen molar-refractivity contribution in [2.75, 3.05) is 6.16 Å². The lowest BCUT2D eigenvalue weighted by atomic mass is 9.70. The fraction of sp³-hybridized carbons (Fsp3) is 0.275. The smallest absolute Gasteiger partial charge is 0.185 e. The highest BCUT2D eigenvalue weighted by molar-refractivity contribution is 7.95. The Kier molecular flexibility index (Phi) is 11.5. The van der Waals surface area contributed by atoms with Gasteiger partial charge in [-0.25, -0.2) is 8.42 Å². The minimum Gasteiger partial charge on any atom is -1.00 e. The van der Waals surface area contributed by atoms with Gasteiger partial charge >= 0.3 is 0 Å². The van der Waals surface area contributed by atoms with E-state index in [1.807, 2.05) is 26.0 Å². The molecule has 4 aromatic carbocycles. The predicted molar refractivity (Wildman–Crippen MR) is 191 cm³/mol. The monoisotopic (exact) mass is 714 g/mol. The summed E-state index contributed by atoms with van der Waals surface area (Å²) in [4.78, 5) is 13.4. The highest BCUT2D eigenvalue weighted by Crippen LogP contribution is 2.55. The van der Waals surface area contributed by atoms with Gasteiger partial charge in [0.1, 0.15) is 23.2 Å². The summed E-state index contributed by atoms with van der Waals surface area (Å²) in [6.07, 6.45) is 4.46. The van der Waals surface area contributed by atoms with Gasteiger partial charge in [-0.1, -0.05) is 91.7 Å². The summed E-state index contributed by atoms with van der Waals surface area (Å²) in [6, 6.07) is 39.3. The lowest BCUT2D eigenvalue weighted by Crippen LogP contribution is -3.00. The van der Waals surface area contributed by atoms with E-state index in [2.05, 4.69) is 118 Å². The van der Waals surface area contributed by atoms with Crippen LogP contribution in [0.5, 0.6) is 0 Å². The first-order valence-corrected chi connectivity index (χ1v) is 19.2. The fourth-order valence-corrected chi connectivity index (χ4v) is 13.1. The lowest BCUT2D eigenvalue weighted by Gasteiger charge is -2.38. The van der Waals surface area contributed by atoms with Crippen molar-refractivity contribution >= 4 is 38.8 Å². The third-order valence-electron chi connectivity index (χ3n) is 9.39. The van der Waals surface area contributed by atoms with Gasteiger partial charge in [0.05, 0.1) is 16.3 Å². The van der Waals surface area contributed by atoms with E-state index in [0.29, 0.717) is 29.7 Å². The minimum atomic E-state index is -3.79. The number of rotatable bonds is 10. The molecule has 0 heterocycles. The summed E-state index contributed by atoms with van der Waals surface area (Å²) in [5.41, 5.74) is 2.99. The van der Waals surface area contributed by atoms with Crippen LogP contribution in [0.25, 0.3) is 0 Å². The van der Waals surface area contributed by atoms with Crippen molar-refractivity contribution in [2.45, 2.75) is 64.0 Å². The Morgan fingerprint density at radius 1 is 0.783 bits per heavy atom. The van der Waals surface area contributed by atoms with E-state index in [4.69, 9.17) is 0 Å². The van der Waals surface area contributed by atoms with Gasteiger partial charge in [-0.2, -0.15) is 0 Å². The van der Waals surface area contributed by atoms with Crippen LogP contribution in [0.4, 0.5) is 0 Å². The van der Waals surface area contributed by atoms with Crippen molar-refractivity contribution in [1.82, 2.24) is 0 Å². The molecular weight excluding hydrogens is 671 g/mol. The third kappa shape index (κ3) is 7.23. The maximum atomic E-state index is 14.5. The molecule has 240 valence electrons. The molecule has 1 atom stereocenters. The van der Waals surface area contributed by atoms with Gasteiger partial charge in [-0.3, -0.25) is 4.79 Å². The minimum absolute atomic E-state index is 0. The molecular formula is C40H44BrO3PS. The summed E-state index contributed by atoms with van der Waals surface area (Å²) < 4.78 is 29.0. The summed E-state index contributed by atoms with van der Waals surface area (Å²) in [5.74, 6) is 0.0530. The van der Waals surface area contributed by atoms with Crippen LogP contribution in [-0.4, -0.2) is 25.6 Å². The lowest BCUT2D eigenvalue weighted by molar-refractivity contribution is -0.116. The second-order valence-electron chi connectivity index (χ2n) is 12.9. The van der Waals surface area contributed by atoms with Crippen molar-refractivity contribution in [3.05, 3.63) is 144 Å². The average molecular weight is 716 g/mol. The van der Waals surface area contributed by atoms with Crippen molar-refractivity contribution in [3.8, 4) is 0 Å². The number of allylic oxidation sites excluding steroid dienone is 3. The summed E-state index contributed by atoms with van der Waals surface area (Å²) in [6.45, 7) is 10.0. The van der Waals surface area contributed by atoms with Crippen molar-refractivity contribution in [1.29, 1.82) is 0 Å². The quantitative estimate of drug-likeness (QED) is 0.168. The van der Waals surface area contributed by atoms with Crippen LogP contribution in [0.15, 0.2) is 143 Å². The first-order chi connectivity index (χ1) is 21.5. The van der Waals surface area contributed by atoms with Gasteiger partial charge in [0.15, 0.2) is 15.6 Å². The first kappa shape index (κ1) is 35.7. The molecule has 0 aromatic heterocycles. The number of aryl methyl sites for hydroxylation is 1. The Morgan fingerprint density at radius 3 is 1.70 bits per heavy atom. The largest absolute Gasteiger partial charge is 1.00 e. The van der Waals surface area contributed by atoms with Gasteiger partial charge in [0, 0.05) is 6.42 Å². The van der Waals surface area contributed by atoms with E-state index in [1.165, 1.54) is 15.9 Å². The van der Waals surface area contributed by atoms with Gasteiger partial charge in [0.25, 0.3) is 0 Å². The number of ketones is 1. The number of Topliss-reactive ketones (excluding diaryl/α,β-unsaturated/α-hetero) is 1. The molecule has 4 aromatic rings. The molecule has 0 saturated heterocycles. The van der Waals surface area contributed by atoms with Crippen LogP contribution >= 0.6 is 7.26 Å². The summed E-state index contributed by atoms with van der Waals surface area (Å²) in [7, 11) is -5.92. The summed E-state index contributed by atoms with van der Waals surface area (Å²) in [5, 5.41) is 3.03. The number of hydrogen-bond acceptors (Lipinski definition) is 3. The second kappa shape index (κ2) is 14.8. The number of halogens is 1. The number of hydrogen-bond donors (Lipinski definition) is 0. The number of benzene rings is 4. The zero-order valence-corrected chi connectivity index (χ0v) is 30.7. The molecule has 0 aliphatic heterocycles. The van der Waals surface area contributed by atoms with Crippen LogP contribution in [0.2, 0.25) is 0 Å². The van der Waals surface area contributed by atoms with Gasteiger partial charge in [0.2, 0.25) is 0 Å². The molecule has 0 fully saturated rings. The standard InChI is InChI=1S/C40H44O3PS.BrH/c1-30-21-23-36(24-22-30)45(42,43)38(39-32(3)37(41)25-27-40(39,4)5)29-31(2)26-28-44(33-15-9-6-10-16-33,34-17-11-7-12-18-34)35-19-13-8-14-20-35;/h6-24,26,38H,25,27-29H2,1-5H3;1H/q+1;/p-1/b31-26+;. The van der Waals surface area contributed by atoms with E-state index in [9.17, 15) is 13.2 Å². The van der Waals surface area contributed by atoms with E-state index in [1.54, 1.807) is 12.1 Å². The van der Waals surface area contributed by atoms with Crippen LogP contribution < -0.4 is 32.9 Å². The number of sulfone groups is 1. The predicted octanol–water partition coefficient (Wildman–Crippen LogP) is 5.18. The van der Waals surface area contributed by atoms with E-state index in [0.717, 1.165) is 22.9 Å². The molecule has 0 radical (unpaired) electrons. The molecule has 5 rings (SSSR count). The zero-order chi connectivity index (χ0) is 32.2. The molecule has 1 aliphatic carbocycles. The van der Waals surface area contributed by atoms with Gasteiger partial charge in [-0.05, 0) is 105 Å². The zero-order valence-electron chi connectivity index (χ0n) is 27.4. The molecule has 0 amide bonds. The Balaban J connectivity index is 0.00000480. The number of carbonyl (C=O) groups is 1. The maximum Gasteiger partial charge on any atom is 0.185 e. The first-order valence-electron chi connectivity index (χ1n) is 15.7. The topological polar surface area (TPSA) is 51.2 Å². The van der Waals surface area contributed by atoms with Crippen molar-refractivity contribution < 1.29 is 30.2 Å². The van der Waals surface area contributed by atoms with Crippen molar-refractivity contribution in [3.63, 3.8) is 0 Å². The Morgan fingerprint density at radius 2 is 1.24 bits per heavy atom. The van der Waals surface area contributed by atoms with E-state index >= 15 is 0 Å². The third-order valence-corrected chi connectivity index (χ3v) is 15.7. The second-order valence-corrected chi connectivity index (χ2v) is 18.6. The Bertz CT molecular complexity index is 1720. The molecule has 0 saturated carbocycles. The highest BCUT2D eigenvalue weighted by Gasteiger charge is 2.45. The van der Waals surface area contributed by atoms with Crippen LogP contribution in [0, 0.1) is 12.3 Å². The van der Waals surface area contributed by atoms with E-state index < -0.39 is 27.8 Å². The molecule has 0 spiro atoms. The normalized spacial score (nSPS) is 16.1. The molecule has 46 heavy (non-hydrogen) atoms. The van der Waals surface area contributed by atoms with Crippen LogP contribution in [0.3, 0.4) is 0 Å². The molecule has 0 bridgehead atoms. The van der Waals surface area contributed by atoms with Crippen LogP contribution in [0.1, 0.15) is 52.5 Å². The number of carbonyl (C=O) groups excluding carboxylic acids is 1. The molecule has 3 nitrogen and oxygen atoms in total. The fourth-order valence-electron chi connectivity index (χ4n) is 6.82. The SMILES string of the molecule is CC1=C(C(C/C(C)=C/C[P+](c2ccccc2)(c2ccccc2)c2ccccc2)S(=O)(=O)c2ccc(C)cc2)C(C)(C)CCC1=O.[Br-]. The Labute approximate surface area is 286 Å². The highest BCUT2D eigenvalue weighted by atomic mass is 79.9. The van der Waals surface area contributed by atoms with Gasteiger partial charge < -0.3 is 17.0 Å². The maximum absolute atomic E-state index is 14.5. The van der Waals surface area contributed by atoms with E-state index in [-0.39, 0.29) is 22.8 Å². The molecule has 1 unspecified atom stereocenters.